The minimum atomic E-state index is -0.679. The molecule has 0 saturated heterocycles. The number of aromatic nitrogens is 6. The first-order chi connectivity index (χ1) is 19.5. The van der Waals surface area contributed by atoms with Gasteiger partial charge in [-0.05, 0) is 30.3 Å². The highest BCUT2D eigenvalue weighted by atomic mass is 19.1. The van der Waals surface area contributed by atoms with Crippen molar-refractivity contribution in [2.24, 2.45) is 0 Å². The molecule has 0 aliphatic carbocycles. The highest BCUT2D eigenvalue weighted by molar-refractivity contribution is 6.45. The van der Waals surface area contributed by atoms with E-state index in [-0.39, 0.29) is 17.9 Å². The van der Waals surface area contributed by atoms with Gasteiger partial charge < -0.3 is 19.2 Å². The van der Waals surface area contributed by atoms with E-state index in [2.05, 4.69) is 24.8 Å². The summed E-state index contributed by atoms with van der Waals surface area (Å²) in [7, 11) is 1.47. The number of hydrogen-bond acceptors (Lipinski definition) is 6. The first-order valence-electron chi connectivity index (χ1n) is 12.7. The topological polar surface area (TPSA) is 111 Å². The quantitative estimate of drug-likeness (QED) is 0.264. The number of para-hydroxylation sites is 1. The van der Waals surface area contributed by atoms with Gasteiger partial charge in [-0.1, -0.05) is 23.4 Å². The van der Waals surface area contributed by atoms with E-state index in [4.69, 9.17) is 4.74 Å². The third kappa shape index (κ3) is 3.58. The Bertz CT molecular complexity index is 1930. The summed E-state index contributed by atoms with van der Waals surface area (Å²) >= 11 is 0. The number of ketones is 1. The van der Waals surface area contributed by atoms with Crippen LogP contribution < -0.4 is 4.74 Å². The second-order valence-corrected chi connectivity index (χ2v) is 9.51. The number of H-pyrrole nitrogens is 1. The summed E-state index contributed by atoms with van der Waals surface area (Å²) < 4.78 is 23.4. The first-order valence-corrected chi connectivity index (χ1v) is 12.7. The van der Waals surface area contributed by atoms with Crippen LogP contribution in [0, 0.1) is 5.82 Å². The van der Waals surface area contributed by atoms with Gasteiger partial charge in [-0.3, -0.25) is 9.59 Å². The Morgan fingerprint density at radius 2 is 1.98 bits per heavy atom. The lowest BCUT2D eigenvalue weighted by atomic mass is 10.0. The molecule has 5 heterocycles. The third-order valence-electron chi connectivity index (χ3n) is 7.36. The van der Waals surface area contributed by atoms with Gasteiger partial charge in [-0.2, -0.15) is 0 Å². The average Bonchev–Trinajstić information content (AvgIpc) is 3.74. The van der Waals surface area contributed by atoms with Crippen LogP contribution in [-0.2, 0) is 17.8 Å². The van der Waals surface area contributed by atoms with E-state index in [1.165, 1.54) is 47.4 Å². The van der Waals surface area contributed by atoms with Gasteiger partial charge in [0, 0.05) is 48.0 Å². The summed E-state index contributed by atoms with van der Waals surface area (Å²) in [6.07, 6.45) is 6.62. The first kappa shape index (κ1) is 23.8. The largest absolute Gasteiger partial charge is 0.494 e. The second-order valence-electron chi connectivity index (χ2n) is 9.51. The van der Waals surface area contributed by atoms with Crippen LogP contribution >= 0.6 is 0 Å². The molecule has 1 aliphatic rings. The molecule has 40 heavy (non-hydrogen) atoms. The molecule has 0 fully saturated rings. The summed E-state index contributed by atoms with van der Waals surface area (Å²) in [6, 6.07) is 14.5. The minimum Gasteiger partial charge on any atom is -0.494 e. The van der Waals surface area contributed by atoms with Gasteiger partial charge in [0.15, 0.2) is 5.82 Å². The molecule has 1 aliphatic heterocycles. The molecule has 0 unspecified atom stereocenters. The number of carbonyl (C=O) groups is 2. The van der Waals surface area contributed by atoms with Crippen LogP contribution in [0.5, 0.6) is 5.75 Å². The molecule has 0 bridgehead atoms. The third-order valence-corrected chi connectivity index (χ3v) is 7.36. The molecule has 0 spiro atoms. The van der Waals surface area contributed by atoms with E-state index >= 15 is 0 Å². The van der Waals surface area contributed by atoms with Crippen LogP contribution in [0.15, 0.2) is 73.3 Å². The molecule has 6 aromatic rings. The standard InChI is InChI=1S/C29H22FN7O3/c1-40-24-15-32-28(36-12-10-33-34-36)26-25(24)20(14-31-26)27(38)29(39)35-11-9-23-21(16-35)19-13-17(30)7-8-22(19)37(23)18-5-3-2-4-6-18/h2-8,10,12-15,31H,9,11,16H2,1H3. The number of methoxy groups -OCH3 is 1. The van der Waals surface area contributed by atoms with Crippen LogP contribution in [0.2, 0.25) is 0 Å². The SMILES string of the molecule is COc1cnc(-n2ccnn2)c2[nH]cc(C(=O)C(=O)N3CCc4c(c5cc(F)ccc5n4-c4ccccc4)C3)c12. The molecule has 0 saturated carbocycles. The number of hydrogen-bond donors (Lipinski definition) is 1. The lowest BCUT2D eigenvalue weighted by molar-refractivity contribution is -0.127. The summed E-state index contributed by atoms with van der Waals surface area (Å²) in [5.41, 5.74) is 4.31. The van der Waals surface area contributed by atoms with Gasteiger partial charge in [0.25, 0.3) is 11.7 Å². The predicted octanol–water partition coefficient (Wildman–Crippen LogP) is 4.00. The molecule has 1 N–H and O–H groups in total. The van der Waals surface area contributed by atoms with Crippen molar-refractivity contribution < 1.29 is 18.7 Å². The second kappa shape index (κ2) is 9.16. The molecule has 11 heteroatoms. The normalized spacial score (nSPS) is 13.1. The molecule has 0 atom stereocenters. The van der Waals surface area contributed by atoms with Crippen LogP contribution in [-0.4, -0.2) is 59.8 Å². The van der Waals surface area contributed by atoms with E-state index in [1.807, 2.05) is 30.3 Å². The Hall–Kier alpha value is -5.32. The van der Waals surface area contributed by atoms with Gasteiger partial charge >= 0.3 is 0 Å². The van der Waals surface area contributed by atoms with Crippen molar-refractivity contribution in [3.8, 4) is 17.3 Å². The van der Waals surface area contributed by atoms with Gasteiger partial charge in [0.2, 0.25) is 0 Å². The molecular formula is C29H22FN7O3. The maximum atomic E-state index is 14.4. The Morgan fingerprint density at radius 1 is 1.12 bits per heavy atom. The summed E-state index contributed by atoms with van der Waals surface area (Å²) in [6.45, 7) is 0.527. The van der Waals surface area contributed by atoms with Gasteiger partial charge in [0.05, 0.1) is 47.7 Å². The number of carbonyl (C=O) groups excluding carboxylic acids is 2. The zero-order valence-corrected chi connectivity index (χ0v) is 21.3. The Morgan fingerprint density at radius 3 is 2.75 bits per heavy atom. The zero-order chi connectivity index (χ0) is 27.4. The van der Waals surface area contributed by atoms with Crippen molar-refractivity contribution >= 4 is 33.5 Å². The number of Topliss-reactive ketones (excluding diaryl/α,β-unsaturated/α-hetero) is 1. The Kier molecular flexibility index (Phi) is 5.44. The number of benzene rings is 2. The lowest BCUT2D eigenvalue weighted by Crippen LogP contribution is -2.40. The highest BCUT2D eigenvalue weighted by Gasteiger charge is 2.32. The molecular weight excluding hydrogens is 513 g/mol. The average molecular weight is 536 g/mol. The van der Waals surface area contributed by atoms with Crippen molar-refractivity contribution in [1.29, 1.82) is 0 Å². The lowest BCUT2D eigenvalue weighted by Gasteiger charge is -2.28. The zero-order valence-electron chi connectivity index (χ0n) is 21.3. The van der Waals surface area contributed by atoms with E-state index in [9.17, 15) is 14.0 Å². The summed E-state index contributed by atoms with van der Waals surface area (Å²) in [5.74, 6) is -0.925. The van der Waals surface area contributed by atoms with Crippen LogP contribution in [0.3, 0.4) is 0 Å². The van der Waals surface area contributed by atoms with Crippen LogP contribution in [0.25, 0.3) is 33.3 Å². The van der Waals surface area contributed by atoms with Gasteiger partial charge in [-0.15, -0.1) is 5.10 Å². The number of ether oxygens (including phenoxy) is 1. The number of aromatic amines is 1. The van der Waals surface area contributed by atoms with Crippen molar-refractivity contribution in [2.45, 2.75) is 13.0 Å². The molecule has 4 aromatic heterocycles. The number of nitrogens with zero attached hydrogens (tertiary/aromatic N) is 6. The van der Waals surface area contributed by atoms with E-state index < -0.39 is 11.7 Å². The van der Waals surface area contributed by atoms with Gasteiger partial charge in [0.1, 0.15) is 11.6 Å². The van der Waals surface area contributed by atoms with Crippen molar-refractivity contribution in [3.05, 3.63) is 96.0 Å². The van der Waals surface area contributed by atoms with Crippen LogP contribution in [0.4, 0.5) is 4.39 Å². The molecule has 10 nitrogen and oxygen atoms in total. The van der Waals surface area contributed by atoms with Gasteiger partial charge in [-0.25, -0.2) is 14.1 Å². The number of amides is 1. The van der Waals surface area contributed by atoms with E-state index in [1.54, 1.807) is 12.3 Å². The summed E-state index contributed by atoms with van der Waals surface area (Å²) in [4.78, 5) is 36.3. The maximum absolute atomic E-state index is 14.4. The fourth-order valence-electron chi connectivity index (χ4n) is 5.57. The van der Waals surface area contributed by atoms with E-state index in [0.29, 0.717) is 35.4 Å². The number of nitrogens with one attached hydrogen (secondary N) is 1. The monoisotopic (exact) mass is 535 g/mol. The number of rotatable bonds is 5. The molecule has 1 amide bonds. The van der Waals surface area contributed by atoms with Crippen molar-refractivity contribution in [1.82, 2.24) is 34.4 Å². The predicted molar refractivity (Wildman–Crippen MR) is 144 cm³/mol. The number of pyridine rings is 1. The van der Waals surface area contributed by atoms with E-state index in [0.717, 1.165) is 27.8 Å². The number of halogens is 1. The van der Waals surface area contributed by atoms with Crippen molar-refractivity contribution in [2.75, 3.05) is 13.7 Å². The molecule has 7 rings (SSSR count). The highest BCUT2D eigenvalue weighted by Crippen LogP contribution is 2.35. The Balaban J connectivity index is 1.27. The number of fused-ring (bicyclic) bond motifs is 4. The minimum absolute atomic E-state index is 0.171. The van der Waals surface area contributed by atoms with Crippen molar-refractivity contribution in [3.63, 3.8) is 0 Å². The molecule has 0 radical (unpaired) electrons. The fourth-order valence-corrected chi connectivity index (χ4v) is 5.57. The Labute approximate surface area is 226 Å². The smallest absolute Gasteiger partial charge is 0.295 e. The fraction of sp³-hybridized carbons (Fsp3) is 0.138. The molecule has 198 valence electrons. The summed E-state index contributed by atoms with van der Waals surface area (Å²) in [5, 5.41) is 8.96. The molecule has 2 aromatic carbocycles. The maximum Gasteiger partial charge on any atom is 0.295 e. The van der Waals surface area contributed by atoms with Crippen LogP contribution in [0.1, 0.15) is 21.6 Å².